The third-order valence-electron chi connectivity index (χ3n) is 1.51. The predicted molar refractivity (Wildman–Crippen MR) is 52.8 cm³/mol. The fourth-order valence-electron chi connectivity index (χ4n) is 0.877. The lowest BCUT2D eigenvalue weighted by molar-refractivity contribution is 0.555. The van der Waals surface area contributed by atoms with Crippen LogP contribution in [0.2, 0.25) is 0 Å². The topological polar surface area (TPSA) is 42.7 Å². The fraction of sp³-hybridized carbons (Fsp3) is 0.500. The summed E-state index contributed by atoms with van der Waals surface area (Å²) in [5.41, 5.74) is 0. The van der Waals surface area contributed by atoms with Crippen molar-refractivity contribution in [2.45, 2.75) is 6.54 Å². The molecule has 0 aromatic carbocycles. The monoisotopic (exact) mass is 200 g/mol. The van der Waals surface area contributed by atoms with E-state index in [1.54, 1.807) is 10.9 Å². The van der Waals surface area contributed by atoms with Crippen molar-refractivity contribution >= 4 is 11.6 Å². The Kier molecular flexibility index (Phi) is 5.20. The van der Waals surface area contributed by atoms with Gasteiger partial charge < -0.3 is 5.32 Å². The normalized spacial score (nSPS) is 11.2. The number of aromatic nitrogens is 3. The molecule has 0 saturated carbocycles. The molecule has 0 bridgehead atoms. The Balaban J connectivity index is 1.99. The number of allylic oxidation sites excluding steroid dienone is 1. The van der Waals surface area contributed by atoms with Crippen molar-refractivity contribution in [3.63, 3.8) is 0 Å². The van der Waals surface area contributed by atoms with Crippen LogP contribution in [-0.2, 0) is 6.54 Å². The molecule has 0 aliphatic heterocycles. The summed E-state index contributed by atoms with van der Waals surface area (Å²) < 4.78 is 1.79. The molecule has 0 aliphatic carbocycles. The summed E-state index contributed by atoms with van der Waals surface area (Å²) in [6, 6.07) is 0. The minimum absolute atomic E-state index is 0.574. The van der Waals surface area contributed by atoms with E-state index < -0.39 is 0 Å². The van der Waals surface area contributed by atoms with Crippen molar-refractivity contribution in [3.05, 3.63) is 24.5 Å². The zero-order valence-electron chi connectivity index (χ0n) is 7.36. The van der Waals surface area contributed by atoms with Crippen molar-refractivity contribution in [1.29, 1.82) is 0 Å². The average molecular weight is 201 g/mol. The molecule has 1 rings (SSSR count). The Morgan fingerprint density at radius 2 is 2.38 bits per heavy atom. The highest BCUT2D eigenvalue weighted by Gasteiger charge is 1.88. The summed E-state index contributed by atoms with van der Waals surface area (Å²) in [6.45, 7) is 2.58. The molecule has 1 N–H and O–H groups in total. The summed E-state index contributed by atoms with van der Waals surface area (Å²) in [5, 5.41) is 10.8. The van der Waals surface area contributed by atoms with Gasteiger partial charge in [-0.05, 0) is 0 Å². The van der Waals surface area contributed by atoms with E-state index in [9.17, 15) is 0 Å². The van der Waals surface area contributed by atoms with E-state index in [2.05, 4.69) is 15.6 Å². The Morgan fingerprint density at radius 1 is 1.46 bits per heavy atom. The highest BCUT2D eigenvalue weighted by atomic mass is 35.5. The number of rotatable bonds is 6. The molecule has 1 heterocycles. The molecule has 0 aliphatic rings. The number of alkyl halides is 1. The van der Waals surface area contributed by atoms with Crippen LogP contribution in [0.1, 0.15) is 0 Å². The van der Waals surface area contributed by atoms with E-state index >= 15 is 0 Å². The number of halogens is 1. The number of nitrogens with one attached hydrogen (secondary N) is 1. The molecule has 0 amide bonds. The van der Waals surface area contributed by atoms with Crippen LogP contribution in [0.4, 0.5) is 0 Å². The van der Waals surface area contributed by atoms with Crippen LogP contribution >= 0.6 is 11.6 Å². The second-order valence-corrected chi connectivity index (χ2v) is 2.80. The molecule has 0 fully saturated rings. The van der Waals surface area contributed by atoms with Gasteiger partial charge in [0.05, 0.1) is 12.7 Å². The van der Waals surface area contributed by atoms with Crippen LogP contribution < -0.4 is 5.32 Å². The first kappa shape index (κ1) is 10.2. The maximum atomic E-state index is 5.46. The van der Waals surface area contributed by atoms with Gasteiger partial charge in [-0.15, -0.1) is 16.7 Å². The highest BCUT2D eigenvalue weighted by Crippen LogP contribution is 1.79. The van der Waals surface area contributed by atoms with Gasteiger partial charge in [0.15, 0.2) is 0 Å². The average Bonchev–Trinajstić information content (AvgIpc) is 2.63. The third kappa shape index (κ3) is 4.65. The summed E-state index contributed by atoms with van der Waals surface area (Å²) >= 11 is 5.46. The second kappa shape index (κ2) is 6.62. The largest absolute Gasteiger partial charge is 0.311 e. The van der Waals surface area contributed by atoms with Crippen LogP contribution in [0, 0.1) is 0 Å². The Labute approximate surface area is 82.6 Å². The van der Waals surface area contributed by atoms with E-state index in [1.807, 2.05) is 18.3 Å². The van der Waals surface area contributed by atoms with Crippen molar-refractivity contribution in [3.8, 4) is 0 Å². The Hall–Kier alpha value is -0.870. The van der Waals surface area contributed by atoms with E-state index in [1.165, 1.54) is 0 Å². The molecular formula is C8H13ClN4. The quantitative estimate of drug-likeness (QED) is 0.417. The number of hydrogen-bond acceptors (Lipinski definition) is 3. The Bertz CT molecular complexity index is 232. The van der Waals surface area contributed by atoms with E-state index in [0.29, 0.717) is 5.88 Å². The Morgan fingerprint density at radius 3 is 3.08 bits per heavy atom. The van der Waals surface area contributed by atoms with Gasteiger partial charge in [-0.3, -0.25) is 4.68 Å². The van der Waals surface area contributed by atoms with E-state index in [4.69, 9.17) is 11.6 Å². The second-order valence-electron chi connectivity index (χ2n) is 2.50. The summed E-state index contributed by atoms with van der Waals surface area (Å²) in [7, 11) is 0. The van der Waals surface area contributed by atoms with Crippen molar-refractivity contribution < 1.29 is 0 Å². The van der Waals surface area contributed by atoms with Crippen LogP contribution in [0.25, 0.3) is 0 Å². The molecular weight excluding hydrogens is 188 g/mol. The maximum Gasteiger partial charge on any atom is 0.0692 e. The molecule has 4 nitrogen and oxygen atoms in total. The maximum absolute atomic E-state index is 5.46. The lowest BCUT2D eigenvalue weighted by atomic mass is 10.5. The van der Waals surface area contributed by atoms with Gasteiger partial charge in [-0.2, -0.15) is 0 Å². The minimum atomic E-state index is 0.574. The number of nitrogens with zero attached hydrogens (tertiary/aromatic N) is 3. The lowest BCUT2D eigenvalue weighted by Crippen LogP contribution is -2.20. The molecule has 0 saturated heterocycles. The molecule has 0 radical (unpaired) electrons. The smallest absolute Gasteiger partial charge is 0.0692 e. The predicted octanol–water partition coefficient (Wildman–Crippen LogP) is 0.663. The van der Waals surface area contributed by atoms with Gasteiger partial charge in [0.25, 0.3) is 0 Å². The van der Waals surface area contributed by atoms with Crippen molar-refractivity contribution in [1.82, 2.24) is 20.3 Å². The van der Waals surface area contributed by atoms with Gasteiger partial charge >= 0.3 is 0 Å². The van der Waals surface area contributed by atoms with Crippen molar-refractivity contribution in [2.75, 3.05) is 19.0 Å². The summed E-state index contributed by atoms with van der Waals surface area (Å²) in [6.07, 6.45) is 7.45. The SMILES string of the molecule is ClC/C=C/CNCCn1ccnn1. The summed E-state index contributed by atoms with van der Waals surface area (Å²) in [5.74, 6) is 0.574. The van der Waals surface area contributed by atoms with Gasteiger partial charge in [0.2, 0.25) is 0 Å². The standard InChI is InChI=1S/C8H13ClN4/c9-3-1-2-4-10-5-7-13-8-6-11-12-13/h1-2,6,8,10H,3-5,7H2/b2-1+. The fourth-order valence-corrected chi connectivity index (χ4v) is 1.00. The van der Waals surface area contributed by atoms with Gasteiger partial charge in [-0.25, -0.2) is 0 Å². The lowest BCUT2D eigenvalue weighted by Gasteiger charge is -2.00. The molecule has 0 unspecified atom stereocenters. The summed E-state index contributed by atoms with van der Waals surface area (Å²) in [4.78, 5) is 0. The molecule has 0 atom stereocenters. The minimum Gasteiger partial charge on any atom is -0.311 e. The molecule has 72 valence electrons. The molecule has 0 spiro atoms. The molecule has 5 heteroatoms. The van der Waals surface area contributed by atoms with Gasteiger partial charge in [-0.1, -0.05) is 17.4 Å². The van der Waals surface area contributed by atoms with Gasteiger partial charge in [0, 0.05) is 25.2 Å². The van der Waals surface area contributed by atoms with E-state index in [0.717, 1.165) is 19.6 Å². The molecule has 1 aromatic heterocycles. The first-order chi connectivity index (χ1) is 6.43. The van der Waals surface area contributed by atoms with Crippen LogP contribution in [0.3, 0.4) is 0 Å². The number of hydrogen-bond donors (Lipinski definition) is 1. The highest BCUT2D eigenvalue weighted by molar-refractivity contribution is 6.18. The van der Waals surface area contributed by atoms with Crippen LogP contribution in [0.5, 0.6) is 0 Å². The first-order valence-corrected chi connectivity index (χ1v) is 4.72. The first-order valence-electron chi connectivity index (χ1n) is 4.19. The zero-order valence-corrected chi connectivity index (χ0v) is 8.11. The molecule has 1 aromatic rings. The molecule has 13 heavy (non-hydrogen) atoms. The van der Waals surface area contributed by atoms with Gasteiger partial charge in [0.1, 0.15) is 0 Å². The zero-order chi connectivity index (χ0) is 9.36. The van der Waals surface area contributed by atoms with E-state index in [-0.39, 0.29) is 0 Å². The van der Waals surface area contributed by atoms with Crippen LogP contribution in [-0.4, -0.2) is 34.0 Å². The van der Waals surface area contributed by atoms with Crippen molar-refractivity contribution in [2.24, 2.45) is 0 Å². The third-order valence-corrected chi connectivity index (χ3v) is 1.69. The van der Waals surface area contributed by atoms with Crippen LogP contribution in [0.15, 0.2) is 24.5 Å².